The summed E-state index contributed by atoms with van der Waals surface area (Å²) in [7, 11) is 0. The van der Waals surface area contributed by atoms with Crippen molar-refractivity contribution in [2.24, 2.45) is 0 Å². The molecule has 1 aromatic heterocycles. The molecule has 35 heavy (non-hydrogen) atoms. The fourth-order valence-corrected chi connectivity index (χ4v) is 4.49. The van der Waals surface area contributed by atoms with Crippen LogP contribution < -0.4 is 5.32 Å². The van der Waals surface area contributed by atoms with E-state index in [1.54, 1.807) is 0 Å². The van der Waals surface area contributed by atoms with Crippen molar-refractivity contribution in [2.45, 2.75) is 72.3 Å². The Morgan fingerprint density at radius 1 is 0.943 bits per heavy atom. The summed E-state index contributed by atoms with van der Waals surface area (Å²) in [5.41, 5.74) is 4.19. The maximum Gasteiger partial charge on any atom is 0.242 e. The summed E-state index contributed by atoms with van der Waals surface area (Å²) >= 11 is 0. The molecule has 0 aliphatic rings. The van der Waals surface area contributed by atoms with E-state index in [9.17, 15) is 9.59 Å². The number of nitrogens with one attached hydrogen (secondary N) is 1. The van der Waals surface area contributed by atoms with E-state index in [4.69, 9.17) is 4.98 Å². The van der Waals surface area contributed by atoms with Crippen molar-refractivity contribution in [1.29, 1.82) is 0 Å². The maximum atomic E-state index is 13.1. The number of nitrogens with zero attached hydrogens (tertiary/aromatic N) is 3. The minimum absolute atomic E-state index is 0.0725. The Bertz CT molecular complexity index is 1100. The predicted molar refractivity (Wildman–Crippen MR) is 142 cm³/mol. The van der Waals surface area contributed by atoms with Gasteiger partial charge < -0.3 is 14.8 Å². The second-order valence-corrected chi connectivity index (χ2v) is 9.25. The maximum absolute atomic E-state index is 13.1. The Labute approximate surface area is 209 Å². The zero-order chi connectivity index (χ0) is 25.0. The number of aromatic nitrogens is 2. The van der Waals surface area contributed by atoms with Crippen LogP contribution in [0.5, 0.6) is 0 Å². The van der Waals surface area contributed by atoms with Crippen molar-refractivity contribution < 1.29 is 9.59 Å². The Morgan fingerprint density at radius 3 is 2.40 bits per heavy atom. The molecule has 0 spiro atoms. The van der Waals surface area contributed by atoms with Crippen LogP contribution in [0.1, 0.15) is 62.9 Å². The first-order valence-electron chi connectivity index (χ1n) is 13.1. The number of amides is 2. The second kappa shape index (κ2) is 13.7. The zero-order valence-electron chi connectivity index (χ0n) is 21.6. The second-order valence-electron chi connectivity index (χ2n) is 9.25. The Hall–Kier alpha value is -3.15. The molecule has 0 aliphatic carbocycles. The van der Waals surface area contributed by atoms with Gasteiger partial charge in [-0.2, -0.15) is 0 Å². The van der Waals surface area contributed by atoms with Crippen molar-refractivity contribution in [3.63, 3.8) is 0 Å². The lowest BCUT2D eigenvalue weighted by atomic mass is 10.1. The van der Waals surface area contributed by atoms with E-state index in [0.717, 1.165) is 79.6 Å². The average molecular weight is 477 g/mol. The summed E-state index contributed by atoms with van der Waals surface area (Å²) in [5, 5.41) is 3.04. The summed E-state index contributed by atoms with van der Waals surface area (Å²) in [6.45, 7) is 8.87. The molecule has 0 bridgehead atoms. The fourth-order valence-electron chi connectivity index (χ4n) is 4.49. The predicted octanol–water partition coefficient (Wildman–Crippen LogP) is 5.07. The molecule has 0 unspecified atom stereocenters. The number of carbonyl (C=O) groups excluding carboxylic acids is 2. The number of benzene rings is 2. The standard InChI is InChI=1S/C29H40N4O2/c1-4-19-32(20-5-2)29(35)22-33-26-16-11-10-15-25(26)31-27(33)17-7-6-12-18-30-28(34)21-24-14-9-8-13-23(24)3/h8-11,13-16H,4-7,12,17-22H2,1-3H3,(H,30,34). The molecular formula is C29H40N4O2. The van der Waals surface area contributed by atoms with Crippen molar-refractivity contribution >= 4 is 22.8 Å². The molecule has 0 saturated heterocycles. The lowest BCUT2D eigenvalue weighted by molar-refractivity contribution is -0.132. The molecule has 188 valence electrons. The van der Waals surface area contributed by atoms with Gasteiger partial charge in [0.2, 0.25) is 11.8 Å². The molecule has 2 amide bonds. The van der Waals surface area contributed by atoms with E-state index in [-0.39, 0.29) is 11.8 Å². The normalized spacial score (nSPS) is 11.1. The molecule has 1 N–H and O–H groups in total. The topological polar surface area (TPSA) is 67.2 Å². The Kier molecular flexibility index (Phi) is 10.3. The van der Waals surface area contributed by atoms with E-state index in [0.29, 0.717) is 19.5 Å². The number of unbranched alkanes of at least 4 members (excludes halogenated alkanes) is 2. The van der Waals surface area contributed by atoms with E-state index in [1.165, 1.54) is 0 Å². The van der Waals surface area contributed by atoms with Crippen molar-refractivity contribution in [3.8, 4) is 0 Å². The number of para-hydroxylation sites is 2. The third-order valence-electron chi connectivity index (χ3n) is 6.38. The van der Waals surface area contributed by atoms with E-state index in [2.05, 4.69) is 23.7 Å². The average Bonchev–Trinajstić information content (AvgIpc) is 3.19. The lowest BCUT2D eigenvalue weighted by Gasteiger charge is -2.22. The van der Waals surface area contributed by atoms with Crippen molar-refractivity contribution in [3.05, 3.63) is 65.5 Å². The van der Waals surface area contributed by atoms with Gasteiger partial charge in [-0.3, -0.25) is 9.59 Å². The molecule has 3 rings (SSSR count). The van der Waals surface area contributed by atoms with Crippen LogP contribution in [0.15, 0.2) is 48.5 Å². The van der Waals surface area contributed by atoms with E-state index < -0.39 is 0 Å². The summed E-state index contributed by atoms with van der Waals surface area (Å²) in [6, 6.07) is 16.1. The highest BCUT2D eigenvalue weighted by Gasteiger charge is 2.17. The van der Waals surface area contributed by atoms with Gasteiger partial charge in [0.1, 0.15) is 12.4 Å². The highest BCUT2D eigenvalue weighted by molar-refractivity contribution is 5.81. The van der Waals surface area contributed by atoms with Crippen LogP contribution in [0.4, 0.5) is 0 Å². The monoisotopic (exact) mass is 476 g/mol. The minimum atomic E-state index is 0.0725. The molecule has 3 aromatic rings. The first-order valence-corrected chi connectivity index (χ1v) is 13.1. The third kappa shape index (κ3) is 7.67. The van der Waals surface area contributed by atoms with Crippen molar-refractivity contribution in [2.75, 3.05) is 19.6 Å². The van der Waals surface area contributed by atoms with Gasteiger partial charge >= 0.3 is 0 Å². The molecule has 1 heterocycles. The number of carbonyl (C=O) groups is 2. The van der Waals surface area contributed by atoms with E-state index >= 15 is 0 Å². The molecular weight excluding hydrogens is 436 g/mol. The molecule has 6 heteroatoms. The van der Waals surface area contributed by atoms with Crippen LogP contribution in [-0.4, -0.2) is 45.9 Å². The molecule has 0 saturated carbocycles. The van der Waals surface area contributed by atoms with Gasteiger partial charge in [-0.1, -0.05) is 56.7 Å². The van der Waals surface area contributed by atoms with Gasteiger partial charge in [-0.15, -0.1) is 0 Å². The summed E-state index contributed by atoms with van der Waals surface area (Å²) in [6.07, 6.45) is 6.08. The van der Waals surface area contributed by atoms with Gasteiger partial charge in [0, 0.05) is 26.1 Å². The molecule has 0 fully saturated rings. The highest BCUT2D eigenvalue weighted by Crippen LogP contribution is 2.18. The van der Waals surface area contributed by atoms with Crippen LogP contribution in [0.2, 0.25) is 0 Å². The van der Waals surface area contributed by atoms with Gasteiger partial charge in [-0.05, 0) is 55.9 Å². The molecule has 0 atom stereocenters. The first-order chi connectivity index (χ1) is 17.0. The first kappa shape index (κ1) is 26.5. The van der Waals surface area contributed by atoms with Crippen LogP contribution in [-0.2, 0) is 29.0 Å². The Balaban J connectivity index is 1.51. The molecule has 0 aliphatic heterocycles. The third-order valence-corrected chi connectivity index (χ3v) is 6.38. The smallest absolute Gasteiger partial charge is 0.242 e. The molecule has 0 radical (unpaired) electrons. The SMILES string of the molecule is CCCN(CCC)C(=O)Cn1c(CCCCCNC(=O)Cc2ccccc2C)nc2ccccc21. The number of hydrogen-bond acceptors (Lipinski definition) is 3. The number of hydrogen-bond donors (Lipinski definition) is 1. The largest absolute Gasteiger partial charge is 0.356 e. The van der Waals surface area contributed by atoms with Gasteiger partial charge in [-0.25, -0.2) is 4.98 Å². The number of fused-ring (bicyclic) bond motifs is 1. The van der Waals surface area contributed by atoms with Crippen molar-refractivity contribution in [1.82, 2.24) is 19.8 Å². The van der Waals surface area contributed by atoms with Gasteiger partial charge in [0.25, 0.3) is 0 Å². The fraction of sp³-hybridized carbons (Fsp3) is 0.483. The number of rotatable bonds is 14. The Morgan fingerprint density at radius 2 is 1.66 bits per heavy atom. The number of imidazole rings is 1. The summed E-state index contributed by atoms with van der Waals surface area (Å²) in [4.78, 5) is 32.1. The summed E-state index contributed by atoms with van der Waals surface area (Å²) < 4.78 is 2.10. The minimum Gasteiger partial charge on any atom is -0.356 e. The number of aryl methyl sites for hydroxylation is 2. The van der Waals surface area contributed by atoms with Crippen LogP contribution >= 0.6 is 0 Å². The van der Waals surface area contributed by atoms with Crippen LogP contribution in [0.25, 0.3) is 11.0 Å². The zero-order valence-corrected chi connectivity index (χ0v) is 21.6. The van der Waals surface area contributed by atoms with Gasteiger partial charge in [0.05, 0.1) is 17.5 Å². The van der Waals surface area contributed by atoms with Crippen LogP contribution in [0, 0.1) is 6.92 Å². The summed E-state index contributed by atoms with van der Waals surface area (Å²) in [5.74, 6) is 1.20. The molecule has 6 nitrogen and oxygen atoms in total. The quantitative estimate of drug-likeness (QED) is 0.331. The van der Waals surface area contributed by atoms with E-state index in [1.807, 2.05) is 60.4 Å². The van der Waals surface area contributed by atoms with Gasteiger partial charge in [0.15, 0.2) is 0 Å². The lowest BCUT2D eigenvalue weighted by Crippen LogP contribution is -2.35. The highest BCUT2D eigenvalue weighted by atomic mass is 16.2. The molecule has 2 aromatic carbocycles. The van der Waals surface area contributed by atoms with Crippen LogP contribution in [0.3, 0.4) is 0 Å².